The fraction of sp³-hybridized carbons (Fsp3) is 0.250. The molecule has 5 nitrogen and oxygen atoms in total. The smallest absolute Gasteiger partial charge is 0.334 e. The van der Waals surface area contributed by atoms with E-state index in [9.17, 15) is 14.7 Å². The van der Waals surface area contributed by atoms with Crippen LogP contribution in [0.2, 0.25) is 0 Å². The number of hydrogen-bond donors (Lipinski definition) is 1. The van der Waals surface area contributed by atoms with E-state index in [1.807, 2.05) is 24.3 Å². The predicted octanol–water partition coefficient (Wildman–Crippen LogP) is 2.24. The Hall–Kier alpha value is -2.56. The number of ether oxygens (including phenoxy) is 1. The number of nitrogens with zero attached hydrogens (tertiary/aromatic N) is 1. The Morgan fingerprint density at radius 1 is 1.24 bits per heavy atom. The zero-order chi connectivity index (χ0) is 15.6. The van der Waals surface area contributed by atoms with Crippen molar-refractivity contribution in [3.8, 4) is 5.75 Å². The summed E-state index contributed by atoms with van der Waals surface area (Å²) < 4.78 is 5.16. The first-order valence-corrected chi connectivity index (χ1v) is 6.43. The molecule has 2 aromatic rings. The maximum absolute atomic E-state index is 11.6. The lowest BCUT2D eigenvalue weighted by Gasteiger charge is -2.32. The van der Waals surface area contributed by atoms with Crippen molar-refractivity contribution in [2.24, 2.45) is 0 Å². The highest BCUT2D eigenvalue weighted by Gasteiger charge is 2.39. The van der Waals surface area contributed by atoms with Crippen molar-refractivity contribution >= 4 is 23.2 Å². The maximum atomic E-state index is 11.6. The van der Waals surface area contributed by atoms with E-state index >= 15 is 0 Å². The van der Waals surface area contributed by atoms with Crippen LogP contribution in [0.1, 0.15) is 12.5 Å². The Labute approximate surface area is 122 Å². The average Bonchev–Trinajstić information content (AvgIpc) is 2.51. The SMILES string of the molecule is COc1ccc2cc(C(C)(C(=O)O)N(C)C=O)ccc2c1. The Kier molecular flexibility index (Phi) is 3.84. The summed E-state index contributed by atoms with van der Waals surface area (Å²) in [5, 5.41) is 11.4. The van der Waals surface area contributed by atoms with Crippen molar-refractivity contribution in [2.45, 2.75) is 12.5 Å². The van der Waals surface area contributed by atoms with Crippen molar-refractivity contribution in [3.63, 3.8) is 0 Å². The molecule has 110 valence electrons. The van der Waals surface area contributed by atoms with Gasteiger partial charge in [-0.15, -0.1) is 0 Å². The molecule has 0 aliphatic rings. The molecule has 0 bridgehead atoms. The molecule has 1 atom stereocenters. The third-order valence-electron chi connectivity index (χ3n) is 3.89. The molecule has 0 radical (unpaired) electrons. The normalized spacial score (nSPS) is 13.5. The summed E-state index contributed by atoms with van der Waals surface area (Å²) in [5.41, 5.74) is -0.863. The third-order valence-corrected chi connectivity index (χ3v) is 3.89. The standard InChI is InChI=1S/C16H17NO4/c1-16(15(19)20,17(2)10-18)13-6-4-12-9-14(21-3)7-5-11(12)8-13/h4-10H,1-3H3,(H,19,20). The molecule has 2 rings (SSSR count). The number of hydrogen-bond acceptors (Lipinski definition) is 3. The van der Waals surface area contributed by atoms with E-state index in [0.717, 1.165) is 21.4 Å². The number of carboxylic acids is 1. The molecule has 0 saturated carbocycles. The summed E-state index contributed by atoms with van der Waals surface area (Å²) in [6.07, 6.45) is 0.520. The van der Waals surface area contributed by atoms with Crippen LogP contribution < -0.4 is 4.74 Å². The Morgan fingerprint density at radius 2 is 1.86 bits per heavy atom. The quantitative estimate of drug-likeness (QED) is 0.856. The van der Waals surface area contributed by atoms with Crippen LogP contribution in [0.25, 0.3) is 10.8 Å². The second-order valence-corrected chi connectivity index (χ2v) is 5.02. The average molecular weight is 287 g/mol. The molecular formula is C16H17NO4. The molecule has 21 heavy (non-hydrogen) atoms. The fourth-order valence-corrected chi connectivity index (χ4v) is 2.24. The summed E-state index contributed by atoms with van der Waals surface area (Å²) >= 11 is 0. The van der Waals surface area contributed by atoms with Crippen molar-refractivity contribution in [3.05, 3.63) is 42.0 Å². The van der Waals surface area contributed by atoms with Crippen molar-refractivity contribution in [1.29, 1.82) is 0 Å². The third kappa shape index (κ3) is 2.42. The highest BCUT2D eigenvalue weighted by molar-refractivity contribution is 5.88. The minimum atomic E-state index is -1.41. The molecule has 0 aromatic heterocycles. The Morgan fingerprint density at radius 3 is 2.43 bits per heavy atom. The maximum Gasteiger partial charge on any atom is 0.334 e. The minimum absolute atomic E-state index is 0.520. The Balaban J connectivity index is 2.60. The summed E-state index contributed by atoms with van der Waals surface area (Å²) in [6.45, 7) is 1.51. The molecule has 5 heteroatoms. The zero-order valence-electron chi connectivity index (χ0n) is 12.2. The lowest BCUT2D eigenvalue weighted by molar-refractivity contribution is -0.153. The van der Waals surface area contributed by atoms with E-state index in [-0.39, 0.29) is 0 Å². The monoisotopic (exact) mass is 287 g/mol. The van der Waals surface area contributed by atoms with Crippen molar-refractivity contribution < 1.29 is 19.4 Å². The van der Waals surface area contributed by atoms with Crippen LogP contribution >= 0.6 is 0 Å². The van der Waals surface area contributed by atoms with Crippen LogP contribution in [-0.4, -0.2) is 36.5 Å². The van der Waals surface area contributed by atoms with Crippen LogP contribution in [0.3, 0.4) is 0 Å². The number of aliphatic carboxylic acids is 1. The fourth-order valence-electron chi connectivity index (χ4n) is 2.24. The van der Waals surface area contributed by atoms with Gasteiger partial charge in [0.2, 0.25) is 6.41 Å². The number of amides is 1. The first kappa shape index (κ1) is 14.8. The number of likely N-dealkylation sites (N-methyl/N-ethyl adjacent to an activating group) is 1. The second kappa shape index (κ2) is 5.44. The molecule has 0 spiro atoms. The van der Waals surface area contributed by atoms with E-state index in [4.69, 9.17) is 4.74 Å². The molecule has 0 fully saturated rings. The zero-order valence-corrected chi connectivity index (χ0v) is 12.2. The predicted molar refractivity (Wildman–Crippen MR) is 79.3 cm³/mol. The lowest BCUT2D eigenvalue weighted by atomic mass is 9.89. The van der Waals surface area contributed by atoms with Gasteiger partial charge in [-0.05, 0) is 41.5 Å². The van der Waals surface area contributed by atoms with E-state index in [1.165, 1.54) is 14.0 Å². The molecule has 1 amide bonds. The van der Waals surface area contributed by atoms with Gasteiger partial charge >= 0.3 is 5.97 Å². The molecule has 1 N–H and O–H groups in total. The van der Waals surface area contributed by atoms with Crippen molar-refractivity contribution in [2.75, 3.05) is 14.2 Å². The number of fused-ring (bicyclic) bond motifs is 1. The summed E-state index contributed by atoms with van der Waals surface area (Å²) in [5.74, 6) is -0.341. The number of methoxy groups -OCH3 is 1. The van der Waals surface area contributed by atoms with Gasteiger partial charge in [-0.1, -0.05) is 18.2 Å². The topological polar surface area (TPSA) is 66.8 Å². The molecular weight excluding hydrogens is 270 g/mol. The van der Waals surface area contributed by atoms with Crippen LogP contribution in [0.4, 0.5) is 0 Å². The minimum Gasteiger partial charge on any atom is -0.497 e. The van der Waals surface area contributed by atoms with Crippen LogP contribution in [0, 0.1) is 0 Å². The second-order valence-electron chi connectivity index (χ2n) is 5.02. The van der Waals surface area contributed by atoms with E-state index < -0.39 is 11.5 Å². The first-order valence-electron chi connectivity index (χ1n) is 6.43. The number of carbonyl (C=O) groups is 2. The van der Waals surface area contributed by atoms with Crippen LogP contribution in [0.5, 0.6) is 5.75 Å². The van der Waals surface area contributed by atoms with Crippen LogP contribution in [0.15, 0.2) is 36.4 Å². The molecule has 1 unspecified atom stereocenters. The van der Waals surface area contributed by atoms with Gasteiger partial charge in [0, 0.05) is 7.05 Å². The van der Waals surface area contributed by atoms with Gasteiger partial charge in [0.1, 0.15) is 5.75 Å². The van der Waals surface area contributed by atoms with E-state index in [0.29, 0.717) is 12.0 Å². The Bertz CT molecular complexity index is 698. The van der Waals surface area contributed by atoms with Gasteiger partial charge in [-0.25, -0.2) is 4.79 Å². The van der Waals surface area contributed by atoms with Gasteiger partial charge in [-0.2, -0.15) is 0 Å². The largest absolute Gasteiger partial charge is 0.497 e. The summed E-state index contributed by atoms with van der Waals surface area (Å²) in [4.78, 5) is 23.8. The summed E-state index contributed by atoms with van der Waals surface area (Å²) in [7, 11) is 3.05. The van der Waals surface area contributed by atoms with Gasteiger partial charge in [0.15, 0.2) is 5.54 Å². The molecule has 2 aromatic carbocycles. The number of benzene rings is 2. The molecule has 0 aliphatic heterocycles. The highest BCUT2D eigenvalue weighted by atomic mass is 16.5. The van der Waals surface area contributed by atoms with Crippen LogP contribution in [-0.2, 0) is 15.1 Å². The lowest BCUT2D eigenvalue weighted by Crippen LogP contribution is -2.47. The number of carbonyl (C=O) groups excluding carboxylic acids is 1. The number of rotatable bonds is 5. The summed E-state index contributed by atoms with van der Waals surface area (Å²) in [6, 6.07) is 10.9. The highest BCUT2D eigenvalue weighted by Crippen LogP contribution is 2.30. The van der Waals surface area contributed by atoms with Crippen molar-refractivity contribution in [1.82, 2.24) is 4.90 Å². The van der Waals surface area contributed by atoms with E-state index in [2.05, 4.69) is 0 Å². The molecule has 0 saturated heterocycles. The van der Waals surface area contributed by atoms with E-state index in [1.54, 1.807) is 19.2 Å². The first-order chi connectivity index (χ1) is 9.93. The molecule has 0 aliphatic carbocycles. The van der Waals surface area contributed by atoms with Gasteiger partial charge < -0.3 is 14.7 Å². The number of carboxylic acid groups (broad SMARTS) is 1. The van der Waals surface area contributed by atoms with Gasteiger partial charge in [-0.3, -0.25) is 4.79 Å². The molecule has 0 heterocycles. The van der Waals surface area contributed by atoms with Gasteiger partial charge in [0.25, 0.3) is 0 Å². The van der Waals surface area contributed by atoms with Gasteiger partial charge in [0.05, 0.1) is 7.11 Å².